The molecule has 0 saturated carbocycles. The predicted molar refractivity (Wildman–Crippen MR) is 129 cm³/mol. The van der Waals surface area contributed by atoms with Crippen molar-refractivity contribution in [2.24, 2.45) is 0 Å². The zero-order chi connectivity index (χ0) is 24.7. The molecule has 11 heteroatoms. The average Bonchev–Trinajstić information content (AvgIpc) is 2.83. The van der Waals surface area contributed by atoms with Crippen LogP contribution in [-0.2, 0) is 11.9 Å². The fourth-order valence-electron chi connectivity index (χ4n) is 3.65. The maximum absolute atomic E-state index is 13.3. The van der Waals surface area contributed by atoms with Crippen molar-refractivity contribution in [1.29, 1.82) is 0 Å². The molecule has 0 fully saturated rings. The van der Waals surface area contributed by atoms with E-state index in [1.807, 2.05) is 0 Å². The molecule has 0 saturated heterocycles. The summed E-state index contributed by atoms with van der Waals surface area (Å²) in [6, 6.07) is 15.8. The molecule has 0 aliphatic heterocycles. The van der Waals surface area contributed by atoms with Crippen molar-refractivity contribution in [2.45, 2.75) is 17.1 Å². The van der Waals surface area contributed by atoms with Crippen molar-refractivity contribution < 1.29 is 13.2 Å². The zero-order valence-corrected chi connectivity index (χ0v) is 19.2. The molecule has 3 aromatic carbocycles. The Kier molecular flexibility index (Phi) is 5.86. The van der Waals surface area contributed by atoms with Gasteiger partial charge in [0, 0.05) is 5.02 Å². The Morgan fingerprint density at radius 1 is 0.914 bits per heavy atom. The first-order valence-corrected chi connectivity index (χ1v) is 11.6. The number of rotatable bonds is 4. The molecule has 2 aromatic heterocycles. The quantitative estimate of drug-likeness (QED) is 0.250. The maximum Gasteiger partial charge on any atom is 0.416 e. The lowest BCUT2D eigenvalue weighted by Gasteiger charge is -2.15. The zero-order valence-electron chi connectivity index (χ0n) is 17.6. The van der Waals surface area contributed by atoms with Gasteiger partial charge in [-0.25, -0.2) is 9.97 Å². The van der Waals surface area contributed by atoms with Crippen LogP contribution < -0.4 is 11.1 Å². The third-order valence-corrected chi connectivity index (χ3v) is 6.36. The number of hydrogen-bond acceptors (Lipinski definition) is 5. The van der Waals surface area contributed by atoms with E-state index in [0.717, 1.165) is 28.5 Å². The van der Waals surface area contributed by atoms with Crippen LogP contribution in [0, 0.1) is 0 Å². The van der Waals surface area contributed by atoms with Crippen LogP contribution in [0.4, 0.5) is 13.2 Å². The maximum atomic E-state index is 13.3. The van der Waals surface area contributed by atoms with Gasteiger partial charge in [-0.1, -0.05) is 41.6 Å². The molecule has 0 amide bonds. The smallest absolute Gasteiger partial charge is 0.301 e. The number of alkyl halides is 3. The minimum absolute atomic E-state index is 0.0354. The molecule has 1 N–H and O–H groups in total. The Hall–Kier alpha value is -3.63. The van der Waals surface area contributed by atoms with Gasteiger partial charge in [0.05, 0.1) is 38.8 Å². The van der Waals surface area contributed by atoms with E-state index in [-0.39, 0.29) is 33.4 Å². The normalized spacial score (nSPS) is 11.9. The predicted octanol–water partition coefficient (Wildman–Crippen LogP) is 5.59. The number of para-hydroxylation sites is 1. The van der Waals surface area contributed by atoms with E-state index < -0.39 is 17.3 Å². The number of thioether (sulfide) groups is 1. The monoisotopic (exact) mass is 514 g/mol. The van der Waals surface area contributed by atoms with Crippen LogP contribution in [-0.4, -0.2) is 19.5 Å². The number of hydrogen-bond donors (Lipinski definition) is 1. The van der Waals surface area contributed by atoms with Crippen molar-refractivity contribution in [2.75, 3.05) is 0 Å². The number of nitrogens with zero attached hydrogens (tertiary/aromatic N) is 3. The van der Waals surface area contributed by atoms with E-state index in [0.29, 0.717) is 21.4 Å². The van der Waals surface area contributed by atoms with Crippen LogP contribution in [0.1, 0.15) is 11.4 Å². The van der Waals surface area contributed by atoms with Crippen molar-refractivity contribution in [1.82, 2.24) is 19.5 Å². The molecule has 176 valence electrons. The lowest BCUT2D eigenvalue weighted by atomic mass is 10.2. The molecule has 35 heavy (non-hydrogen) atoms. The second-order valence-corrected chi connectivity index (χ2v) is 8.96. The Balaban J connectivity index is 1.61. The van der Waals surface area contributed by atoms with E-state index in [4.69, 9.17) is 11.6 Å². The van der Waals surface area contributed by atoms with Gasteiger partial charge in [0.2, 0.25) is 0 Å². The molecule has 0 radical (unpaired) electrons. The third-order valence-electron chi connectivity index (χ3n) is 5.26. The summed E-state index contributed by atoms with van der Waals surface area (Å²) >= 11 is 7.05. The van der Waals surface area contributed by atoms with E-state index >= 15 is 0 Å². The molecular weight excluding hydrogens is 501 g/mol. The molecule has 0 unspecified atom stereocenters. The largest absolute Gasteiger partial charge is 0.416 e. The number of aromatic amines is 1. The van der Waals surface area contributed by atoms with Gasteiger partial charge < -0.3 is 4.98 Å². The highest BCUT2D eigenvalue weighted by Gasteiger charge is 2.31. The molecule has 0 aliphatic carbocycles. The van der Waals surface area contributed by atoms with Crippen LogP contribution in [0.2, 0.25) is 5.02 Å². The molecule has 5 aromatic rings. The second-order valence-electron chi connectivity index (χ2n) is 7.56. The summed E-state index contributed by atoms with van der Waals surface area (Å²) in [6.45, 7) is 0. The fourth-order valence-corrected chi connectivity index (χ4v) is 4.61. The standard InChI is InChI=1S/C24H14ClF3N4O2S/c25-14-8-9-19-17(11-14)21(33)31-23(30-19)35-12-20-29-18-7-2-1-6-16(18)22(34)32(20)15-5-3-4-13(10-15)24(26,27)28/h1-11H,12H2,(H,30,31,33). The Labute approximate surface area is 204 Å². The summed E-state index contributed by atoms with van der Waals surface area (Å²) in [5.74, 6) is 0.259. The van der Waals surface area contributed by atoms with Gasteiger partial charge in [-0.15, -0.1) is 0 Å². The van der Waals surface area contributed by atoms with Crippen LogP contribution in [0.15, 0.2) is 81.5 Å². The lowest BCUT2D eigenvalue weighted by Crippen LogP contribution is -2.24. The van der Waals surface area contributed by atoms with E-state index in [9.17, 15) is 22.8 Å². The second kappa shape index (κ2) is 8.86. The number of fused-ring (bicyclic) bond motifs is 2. The molecule has 6 nitrogen and oxygen atoms in total. The van der Waals surface area contributed by atoms with Crippen molar-refractivity contribution >= 4 is 45.2 Å². The Bertz CT molecular complexity index is 1720. The number of nitrogens with one attached hydrogen (secondary N) is 1. The minimum Gasteiger partial charge on any atom is -0.301 e. The van der Waals surface area contributed by atoms with Gasteiger partial charge in [0.15, 0.2) is 5.16 Å². The SMILES string of the molecule is O=c1[nH]c(SCc2nc3ccccc3c(=O)n2-c2cccc(C(F)(F)F)c2)nc2ccc(Cl)cc12. The molecule has 5 rings (SSSR count). The van der Waals surface area contributed by atoms with Crippen molar-refractivity contribution in [3.05, 3.63) is 104 Å². The Morgan fingerprint density at radius 3 is 2.49 bits per heavy atom. The van der Waals surface area contributed by atoms with E-state index in [1.165, 1.54) is 18.2 Å². The average molecular weight is 515 g/mol. The highest BCUT2D eigenvalue weighted by atomic mass is 35.5. The third kappa shape index (κ3) is 4.54. The van der Waals surface area contributed by atoms with Crippen LogP contribution >= 0.6 is 23.4 Å². The molecule has 0 spiro atoms. The Morgan fingerprint density at radius 2 is 1.69 bits per heavy atom. The molecule has 0 atom stereocenters. The highest BCUT2D eigenvalue weighted by Crippen LogP contribution is 2.31. The van der Waals surface area contributed by atoms with Gasteiger partial charge in [0.1, 0.15) is 5.82 Å². The first-order valence-electron chi connectivity index (χ1n) is 10.2. The topological polar surface area (TPSA) is 80.6 Å². The summed E-state index contributed by atoms with van der Waals surface area (Å²) in [6.07, 6.45) is -4.57. The summed E-state index contributed by atoms with van der Waals surface area (Å²) in [7, 11) is 0. The summed E-state index contributed by atoms with van der Waals surface area (Å²) in [5, 5.41) is 1.26. The molecule has 0 bridgehead atoms. The van der Waals surface area contributed by atoms with Crippen molar-refractivity contribution in [3.8, 4) is 5.69 Å². The van der Waals surface area contributed by atoms with Gasteiger partial charge >= 0.3 is 6.18 Å². The molecular formula is C24H14ClF3N4O2S. The number of benzene rings is 3. The summed E-state index contributed by atoms with van der Waals surface area (Å²) < 4.78 is 41.2. The first-order chi connectivity index (χ1) is 16.7. The number of aromatic nitrogens is 4. The first kappa shape index (κ1) is 23.1. The number of H-pyrrole nitrogens is 1. The van der Waals surface area contributed by atoms with Gasteiger partial charge in [-0.2, -0.15) is 13.2 Å². The fraction of sp³-hybridized carbons (Fsp3) is 0.0833. The number of halogens is 4. The van der Waals surface area contributed by atoms with Crippen molar-refractivity contribution in [3.63, 3.8) is 0 Å². The van der Waals surface area contributed by atoms with Crippen LogP contribution in [0.3, 0.4) is 0 Å². The van der Waals surface area contributed by atoms with Crippen LogP contribution in [0.5, 0.6) is 0 Å². The van der Waals surface area contributed by atoms with Crippen LogP contribution in [0.25, 0.3) is 27.5 Å². The molecule has 2 heterocycles. The summed E-state index contributed by atoms with van der Waals surface area (Å²) in [4.78, 5) is 37.4. The van der Waals surface area contributed by atoms with E-state index in [2.05, 4.69) is 15.0 Å². The van der Waals surface area contributed by atoms with E-state index in [1.54, 1.807) is 36.4 Å². The highest BCUT2D eigenvalue weighted by molar-refractivity contribution is 7.98. The minimum atomic E-state index is -4.57. The van der Waals surface area contributed by atoms with Gasteiger partial charge in [-0.05, 0) is 48.5 Å². The molecule has 0 aliphatic rings. The lowest BCUT2D eigenvalue weighted by molar-refractivity contribution is -0.137. The van der Waals surface area contributed by atoms with Gasteiger partial charge in [-0.3, -0.25) is 14.2 Å². The van der Waals surface area contributed by atoms with Gasteiger partial charge in [0.25, 0.3) is 11.1 Å². The summed E-state index contributed by atoms with van der Waals surface area (Å²) in [5.41, 5.74) is -0.892.